The highest BCUT2D eigenvalue weighted by molar-refractivity contribution is 8.03. The highest BCUT2D eigenvalue weighted by atomic mass is 32.2. The second-order valence-corrected chi connectivity index (χ2v) is 14.9. The van der Waals surface area contributed by atoms with E-state index in [4.69, 9.17) is 4.74 Å². The van der Waals surface area contributed by atoms with Crippen molar-refractivity contribution in [2.75, 3.05) is 63.2 Å². The average molecular weight is 633 g/mol. The molecule has 0 aromatic heterocycles. The summed E-state index contributed by atoms with van der Waals surface area (Å²) in [6, 6.07) is 0. The molecule has 254 valence electrons. The molecule has 42 heavy (non-hydrogen) atoms. The molecule has 0 spiro atoms. The Morgan fingerprint density at radius 3 is 1.60 bits per heavy atom. The van der Waals surface area contributed by atoms with E-state index in [0.717, 1.165) is 32.8 Å². The minimum absolute atomic E-state index is 0.423. The molecule has 0 amide bonds. The van der Waals surface area contributed by atoms with Gasteiger partial charge in [-0.15, -0.1) is 0 Å². The van der Waals surface area contributed by atoms with Crippen LogP contribution in [0.1, 0.15) is 156 Å². The van der Waals surface area contributed by atoms with Crippen LogP contribution in [0.2, 0.25) is 0 Å². The molecule has 2 unspecified atom stereocenters. The summed E-state index contributed by atoms with van der Waals surface area (Å²) in [5.74, 6) is 3.71. The van der Waals surface area contributed by atoms with Crippen LogP contribution in [0.3, 0.4) is 0 Å². The number of ether oxygens (including phenoxy) is 1. The lowest BCUT2D eigenvalue weighted by atomic mass is 10.1. The van der Waals surface area contributed by atoms with Crippen molar-refractivity contribution >= 4 is 23.5 Å². The largest absolute Gasteiger partial charge is 0.389 e. The molecular formula is C36H76N2O2S2. The summed E-state index contributed by atoms with van der Waals surface area (Å²) in [6.45, 7) is 14.9. The Kier molecular flexibility index (Phi) is 36.5. The van der Waals surface area contributed by atoms with Crippen LogP contribution in [-0.2, 0) is 4.74 Å². The van der Waals surface area contributed by atoms with E-state index in [1.807, 2.05) is 0 Å². The number of hydrogen-bond donors (Lipinski definition) is 2. The van der Waals surface area contributed by atoms with Crippen LogP contribution in [0.5, 0.6) is 0 Å². The first-order valence-corrected chi connectivity index (χ1v) is 20.8. The lowest BCUT2D eigenvalue weighted by Crippen LogP contribution is -2.37. The van der Waals surface area contributed by atoms with Crippen LogP contribution < -0.4 is 5.32 Å². The summed E-state index contributed by atoms with van der Waals surface area (Å²) < 4.78 is 6.05. The van der Waals surface area contributed by atoms with E-state index < -0.39 is 6.10 Å². The second-order valence-electron chi connectivity index (χ2n) is 12.4. The summed E-state index contributed by atoms with van der Waals surface area (Å²) in [5, 5.41) is 14.3. The minimum atomic E-state index is -0.423. The van der Waals surface area contributed by atoms with Crippen molar-refractivity contribution in [3.05, 3.63) is 0 Å². The molecule has 0 aromatic rings. The zero-order valence-electron chi connectivity index (χ0n) is 29.0. The van der Waals surface area contributed by atoms with Gasteiger partial charge in [-0.1, -0.05) is 143 Å². The number of aliphatic hydroxyl groups is 1. The molecule has 0 aliphatic heterocycles. The summed E-state index contributed by atoms with van der Waals surface area (Å²) in [5.41, 5.74) is 0. The first kappa shape index (κ1) is 42.5. The summed E-state index contributed by atoms with van der Waals surface area (Å²) in [4.78, 5) is 2.40. The molecule has 0 aliphatic carbocycles. The second kappa shape index (κ2) is 36.0. The topological polar surface area (TPSA) is 44.7 Å². The third-order valence-corrected chi connectivity index (χ3v) is 11.0. The van der Waals surface area contributed by atoms with E-state index >= 15 is 0 Å². The molecule has 2 N–H and O–H groups in total. The van der Waals surface area contributed by atoms with E-state index in [1.165, 1.54) is 146 Å². The highest BCUT2D eigenvalue weighted by Crippen LogP contribution is 2.21. The molecule has 0 saturated carbocycles. The Morgan fingerprint density at radius 2 is 1.10 bits per heavy atom. The Labute approximate surface area is 273 Å². The average Bonchev–Trinajstić information content (AvgIpc) is 3.00. The fraction of sp³-hybridized carbons (Fsp3) is 1.00. The zero-order chi connectivity index (χ0) is 30.8. The number of thioether (sulfide) groups is 2. The molecule has 0 fully saturated rings. The van der Waals surface area contributed by atoms with Gasteiger partial charge in [0, 0.05) is 30.6 Å². The summed E-state index contributed by atoms with van der Waals surface area (Å²) >= 11 is 4.24. The number of rotatable bonds is 36. The van der Waals surface area contributed by atoms with Crippen LogP contribution in [0.25, 0.3) is 0 Å². The zero-order valence-corrected chi connectivity index (χ0v) is 30.6. The molecule has 0 rings (SSSR count). The molecule has 0 aliphatic rings. The first-order chi connectivity index (χ1) is 20.7. The SMILES string of the molecule is CCCCCCCCCCCCSCC(COCC(O)CNCCN(CC)CC)SCCCCCCCCCCCC. The molecule has 0 saturated heterocycles. The first-order valence-electron chi connectivity index (χ1n) is 18.6. The number of hydrogen-bond acceptors (Lipinski definition) is 6. The Morgan fingerprint density at radius 1 is 0.619 bits per heavy atom. The monoisotopic (exact) mass is 633 g/mol. The van der Waals surface area contributed by atoms with Crippen LogP contribution >= 0.6 is 23.5 Å². The molecule has 0 aromatic carbocycles. The van der Waals surface area contributed by atoms with Crippen LogP contribution in [0, 0.1) is 0 Å². The summed E-state index contributed by atoms with van der Waals surface area (Å²) in [7, 11) is 0. The minimum Gasteiger partial charge on any atom is -0.389 e. The van der Waals surface area contributed by atoms with E-state index in [9.17, 15) is 5.11 Å². The van der Waals surface area contributed by atoms with E-state index in [-0.39, 0.29) is 0 Å². The van der Waals surface area contributed by atoms with Crippen molar-refractivity contribution in [2.24, 2.45) is 0 Å². The fourth-order valence-electron chi connectivity index (χ4n) is 5.33. The van der Waals surface area contributed by atoms with Crippen LogP contribution in [0.15, 0.2) is 0 Å². The van der Waals surface area contributed by atoms with Gasteiger partial charge in [0.15, 0.2) is 0 Å². The van der Waals surface area contributed by atoms with Crippen molar-refractivity contribution in [3.8, 4) is 0 Å². The Balaban J connectivity index is 4.07. The molecular weight excluding hydrogens is 557 g/mol. The standard InChI is InChI=1S/C36H76N2O2S2/c1-5-9-11-13-15-17-19-21-23-25-29-41-34-36(42-30-26-24-22-20-18-16-14-12-10-6-2)33-40-32-35(39)31-37-27-28-38(7-3)8-4/h35-37,39H,5-34H2,1-4H3. The number of likely N-dealkylation sites (N-methyl/N-ethyl adjacent to an activating group) is 1. The number of nitrogens with one attached hydrogen (secondary N) is 1. The van der Waals surface area contributed by atoms with Gasteiger partial charge in [-0.05, 0) is 37.4 Å². The molecule has 0 heterocycles. The molecule has 6 heteroatoms. The van der Waals surface area contributed by atoms with E-state index in [2.05, 4.69) is 61.4 Å². The van der Waals surface area contributed by atoms with Crippen molar-refractivity contribution < 1.29 is 9.84 Å². The molecule has 4 nitrogen and oxygen atoms in total. The summed E-state index contributed by atoms with van der Waals surface area (Å²) in [6.07, 6.45) is 27.7. The quantitative estimate of drug-likeness (QED) is 0.0670. The molecule has 2 atom stereocenters. The highest BCUT2D eigenvalue weighted by Gasteiger charge is 2.12. The molecule has 0 bridgehead atoms. The maximum Gasteiger partial charge on any atom is 0.0897 e. The third-order valence-electron chi connectivity index (χ3n) is 8.29. The van der Waals surface area contributed by atoms with Gasteiger partial charge >= 0.3 is 0 Å². The fourth-order valence-corrected chi connectivity index (χ4v) is 7.83. The van der Waals surface area contributed by atoms with Gasteiger partial charge in [0.25, 0.3) is 0 Å². The Bertz CT molecular complexity index is 497. The lowest BCUT2D eigenvalue weighted by Gasteiger charge is -2.20. The van der Waals surface area contributed by atoms with Crippen molar-refractivity contribution in [2.45, 2.75) is 167 Å². The number of nitrogens with zero attached hydrogens (tertiary/aromatic N) is 1. The van der Waals surface area contributed by atoms with Crippen LogP contribution in [-0.4, -0.2) is 84.6 Å². The molecule has 0 radical (unpaired) electrons. The van der Waals surface area contributed by atoms with E-state index in [0.29, 0.717) is 18.4 Å². The lowest BCUT2D eigenvalue weighted by molar-refractivity contribution is 0.0388. The normalized spacial score (nSPS) is 13.3. The van der Waals surface area contributed by atoms with Crippen molar-refractivity contribution in [1.29, 1.82) is 0 Å². The smallest absolute Gasteiger partial charge is 0.0897 e. The van der Waals surface area contributed by atoms with Gasteiger partial charge in [-0.3, -0.25) is 0 Å². The predicted molar refractivity (Wildman–Crippen MR) is 195 cm³/mol. The van der Waals surface area contributed by atoms with Gasteiger partial charge in [0.1, 0.15) is 0 Å². The maximum atomic E-state index is 10.4. The van der Waals surface area contributed by atoms with E-state index in [1.54, 1.807) is 0 Å². The van der Waals surface area contributed by atoms with Crippen molar-refractivity contribution in [3.63, 3.8) is 0 Å². The predicted octanol–water partition coefficient (Wildman–Crippen LogP) is 9.97. The maximum absolute atomic E-state index is 10.4. The van der Waals surface area contributed by atoms with Crippen LogP contribution in [0.4, 0.5) is 0 Å². The Hall–Kier alpha value is 0.540. The number of unbranched alkanes of at least 4 members (excludes halogenated alkanes) is 18. The van der Waals surface area contributed by atoms with Crippen molar-refractivity contribution in [1.82, 2.24) is 10.2 Å². The van der Waals surface area contributed by atoms with Gasteiger partial charge in [-0.2, -0.15) is 23.5 Å². The van der Waals surface area contributed by atoms with Gasteiger partial charge in [-0.25, -0.2) is 0 Å². The van der Waals surface area contributed by atoms with Gasteiger partial charge in [0.05, 0.1) is 19.3 Å². The third kappa shape index (κ3) is 31.9. The number of aliphatic hydroxyl groups excluding tert-OH is 1. The van der Waals surface area contributed by atoms with Gasteiger partial charge in [0.2, 0.25) is 0 Å². The van der Waals surface area contributed by atoms with Gasteiger partial charge < -0.3 is 20.1 Å².